The molecule has 7 nitrogen and oxygen atoms in total. The van der Waals surface area contributed by atoms with Crippen molar-refractivity contribution in [1.29, 1.82) is 0 Å². The fourth-order valence-corrected chi connectivity index (χ4v) is 1.85. The minimum atomic E-state index is 0.404. The van der Waals surface area contributed by atoms with Gasteiger partial charge in [-0.25, -0.2) is 5.10 Å². The number of hydrogen-bond donors (Lipinski definition) is 2. The van der Waals surface area contributed by atoms with E-state index in [-0.39, 0.29) is 0 Å². The van der Waals surface area contributed by atoms with Crippen molar-refractivity contribution in [1.82, 2.24) is 30.1 Å². The summed E-state index contributed by atoms with van der Waals surface area (Å²) < 4.78 is 1.93. The molecular formula is C12H11N7S. The van der Waals surface area contributed by atoms with E-state index in [0.717, 1.165) is 11.3 Å². The van der Waals surface area contributed by atoms with E-state index in [1.54, 1.807) is 18.6 Å². The van der Waals surface area contributed by atoms with Gasteiger partial charge in [0.1, 0.15) is 5.69 Å². The molecule has 0 aliphatic carbocycles. The Bertz CT molecular complexity index is 797. The molecule has 0 bridgehead atoms. The molecular weight excluding hydrogens is 274 g/mol. The highest BCUT2D eigenvalue weighted by atomic mass is 32.1. The van der Waals surface area contributed by atoms with Crippen LogP contribution in [-0.2, 0) is 0 Å². The number of rotatable bonds is 3. The lowest BCUT2D eigenvalue weighted by Gasteiger charge is -1.96. The molecule has 20 heavy (non-hydrogen) atoms. The van der Waals surface area contributed by atoms with E-state index >= 15 is 0 Å². The maximum Gasteiger partial charge on any atom is 0.216 e. The first-order chi connectivity index (χ1) is 9.74. The van der Waals surface area contributed by atoms with E-state index in [0.29, 0.717) is 16.3 Å². The lowest BCUT2D eigenvalue weighted by molar-refractivity contribution is 0.865. The summed E-state index contributed by atoms with van der Waals surface area (Å²) in [5.41, 5.74) is 2.50. The molecule has 0 unspecified atom stereocenters. The second-order valence-electron chi connectivity index (χ2n) is 4.13. The first-order valence-corrected chi connectivity index (χ1v) is 6.29. The molecule has 0 fully saturated rings. The smallest absolute Gasteiger partial charge is 0.216 e. The van der Waals surface area contributed by atoms with Crippen molar-refractivity contribution >= 4 is 18.4 Å². The Hall–Kier alpha value is -2.61. The number of nitrogens with one attached hydrogen (secondary N) is 2. The van der Waals surface area contributed by atoms with E-state index in [4.69, 9.17) is 12.2 Å². The highest BCUT2D eigenvalue weighted by molar-refractivity contribution is 7.71. The molecule has 0 spiro atoms. The molecule has 100 valence electrons. The van der Waals surface area contributed by atoms with E-state index in [1.165, 1.54) is 4.68 Å². The largest absolute Gasteiger partial charge is 0.282 e. The molecule has 0 aliphatic rings. The first kappa shape index (κ1) is 12.4. The van der Waals surface area contributed by atoms with Gasteiger partial charge in [-0.05, 0) is 31.3 Å². The Morgan fingerprint density at radius 2 is 2.25 bits per heavy atom. The zero-order valence-electron chi connectivity index (χ0n) is 10.6. The second kappa shape index (κ2) is 5.17. The summed E-state index contributed by atoms with van der Waals surface area (Å²) in [5, 5.41) is 18.2. The SMILES string of the molecule is Cc1cc(-c2n[nH]c(=S)n2/N=C/c2cccnc2)n[nH]1. The third kappa shape index (κ3) is 2.41. The summed E-state index contributed by atoms with van der Waals surface area (Å²) in [6, 6.07) is 5.62. The van der Waals surface area contributed by atoms with Gasteiger partial charge in [0.2, 0.25) is 10.6 Å². The molecule has 3 rings (SSSR count). The quantitative estimate of drug-likeness (QED) is 0.568. The Labute approximate surface area is 119 Å². The first-order valence-electron chi connectivity index (χ1n) is 5.88. The van der Waals surface area contributed by atoms with Crippen LogP contribution in [0.4, 0.5) is 0 Å². The Morgan fingerprint density at radius 1 is 1.35 bits per heavy atom. The molecule has 0 atom stereocenters. The van der Waals surface area contributed by atoms with Crippen molar-refractivity contribution in [3.05, 3.63) is 46.6 Å². The van der Waals surface area contributed by atoms with E-state index < -0.39 is 0 Å². The van der Waals surface area contributed by atoms with Crippen LogP contribution in [-0.4, -0.2) is 36.3 Å². The van der Waals surface area contributed by atoms with Gasteiger partial charge in [-0.15, -0.1) is 0 Å². The van der Waals surface area contributed by atoms with Crippen molar-refractivity contribution in [3.8, 4) is 11.5 Å². The standard InChI is InChI=1S/C12H11N7S/c1-8-5-10(16-15-8)11-17-18-12(20)19(11)14-7-9-3-2-4-13-6-9/h2-7H,1H3,(H,15,16)(H,18,20)/b14-7+. The van der Waals surface area contributed by atoms with Crippen LogP contribution in [0.1, 0.15) is 11.3 Å². The molecule has 0 radical (unpaired) electrons. The molecule has 0 amide bonds. The molecule has 8 heteroatoms. The van der Waals surface area contributed by atoms with Crippen LogP contribution in [0.3, 0.4) is 0 Å². The molecule has 2 N–H and O–H groups in total. The summed E-state index contributed by atoms with van der Waals surface area (Å²) in [6.07, 6.45) is 5.09. The average molecular weight is 285 g/mol. The Balaban J connectivity index is 2.00. The van der Waals surface area contributed by atoms with Crippen LogP contribution in [0, 0.1) is 11.7 Å². The Morgan fingerprint density at radius 3 is 2.95 bits per heavy atom. The topological polar surface area (TPSA) is 87.5 Å². The van der Waals surface area contributed by atoms with Crippen LogP contribution in [0.15, 0.2) is 35.7 Å². The average Bonchev–Trinajstić information content (AvgIpc) is 3.04. The van der Waals surface area contributed by atoms with E-state index in [1.807, 2.05) is 25.1 Å². The van der Waals surface area contributed by atoms with Crippen LogP contribution in [0.5, 0.6) is 0 Å². The highest BCUT2D eigenvalue weighted by Gasteiger charge is 2.10. The molecule has 0 saturated carbocycles. The number of pyridine rings is 1. The number of aromatic nitrogens is 6. The molecule has 0 aromatic carbocycles. The number of nitrogens with zero attached hydrogens (tertiary/aromatic N) is 5. The number of hydrogen-bond acceptors (Lipinski definition) is 5. The third-order valence-corrected chi connectivity index (χ3v) is 2.86. The minimum Gasteiger partial charge on any atom is -0.282 e. The number of H-pyrrole nitrogens is 2. The lowest BCUT2D eigenvalue weighted by atomic mass is 10.3. The predicted molar refractivity (Wildman–Crippen MR) is 77.0 cm³/mol. The van der Waals surface area contributed by atoms with Crippen LogP contribution >= 0.6 is 12.2 Å². The molecule has 0 aliphatic heterocycles. The minimum absolute atomic E-state index is 0.404. The van der Waals surface area contributed by atoms with Gasteiger partial charge in [0, 0.05) is 23.7 Å². The van der Waals surface area contributed by atoms with Gasteiger partial charge in [0.25, 0.3) is 0 Å². The van der Waals surface area contributed by atoms with Crippen molar-refractivity contribution < 1.29 is 0 Å². The van der Waals surface area contributed by atoms with Gasteiger partial charge >= 0.3 is 0 Å². The normalized spacial score (nSPS) is 11.2. The van der Waals surface area contributed by atoms with Gasteiger partial charge in [-0.1, -0.05) is 6.07 Å². The van der Waals surface area contributed by atoms with Crippen LogP contribution < -0.4 is 0 Å². The summed E-state index contributed by atoms with van der Waals surface area (Å²) in [7, 11) is 0. The van der Waals surface area contributed by atoms with Crippen molar-refractivity contribution in [3.63, 3.8) is 0 Å². The maximum atomic E-state index is 5.17. The summed E-state index contributed by atoms with van der Waals surface area (Å²) in [4.78, 5) is 4.02. The molecule has 3 heterocycles. The van der Waals surface area contributed by atoms with Crippen LogP contribution in [0.2, 0.25) is 0 Å². The fraction of sp³-hybridized carbons (Fsp3) is 0.0833. The lowest BCUT2D eigenvalue weighted by Crippen LogP contribution is -1.95. The van der Waals surface area contributed by atoms with Gasteiger partial charge in [0.15, 0.2) is 0 Å². The highest BCUT2D eigenvalue weighted by Crippen LogP contribution is 2.15. The van der Waals surface area contributed by atoms with Gasteiger partial charge in [-0.2, -0.15) is 20.0 Å². The van der Waals surface area contributed by atoms with E-state index in [9.17, 15) is 0 Å². The summed E-state index contributed by atoms with van der Waals surface area (Å²) in [6.45, 7) is 1.92. The van der Waals surface area contributed by atoms with Gasteiger partial charge in [-0.3, -0.25) is 10.1 Å². The van der Waals surface area contributed by atoms with Crippen molar-refractivity contribution in [2.45, 2.75) is 6.92 Å². The number of aromatic amines is 2. The zero-order chi connectivity index (χ0) is 13.9. The van der Waals surface area contributed by atoms with Crippen LogP contribution in [0.25, 0.3) is 11.5 Å². The fourth-order valence-electron chi connectivity index (χ4n) is 1.67. The Kier molecular flexibility index (Phi) is 3.21. The maximum absolute atomic E-state index is 5.17. The van der Waals surface area contributed by atoms with Gasteiger partial charge in [0.05, 0.1) is 6.21 Å². The monoisotopic (exact) mass is 285 g/mol. The third-order valence-electron chi connectivity index (χ3n) is 2.59. The summed E-state index contributed by atoms with van der Waals surface area (Å²) >= 11 is 5.17. The summed E-state index contributed by atoms with van der Waals surface area (Å²) in [5.74, 6) is 0.555. The van der Waals surface area contributed by atoms with Crippen molar-refractivity contribution in [2.24, 2.45) is 5.10 Å². The molecule has 3 aromatic heterocycles. The predicted octanol–water partition coefficient (Wildman–Crippen LogP) is 1.92. The van der Waals surface area contributed by atoms with Crippen molar-refractivity contribution in [2.75, 3.05) is 0 Å². The molecule has 3 aromatic rings. The number of aryl methyl sites for hydroxylation is 1. The molecule has 0 saturated heterocycles. The van der Waals surface area contributed by atoms with Gasteiger partial charge < -0.3 is 0 Å². The van der Waals surface area contributed by atoms with E-state index in [2.05, 4.69) is 30.5 Å². The second-order valence-corrected chi connectivity index (χ2v) is 4.52. The zero-order valence-corrected chi connectivity index (χ0v) is 11.4.